The van der Waals surface area contributed by atoms with Crippen molar-refractivity contribution in [2.45, 2.75) is 12.3 Å². The highest BCUT2D eigenvalue weighted by atomic mass is 19.3. The van der Waals surface area contributed by atoms with Gasteiger partial charge in [-0.05, 0) is 12.5 Å². The minimum atomic E-state index is -3.16. The smallest absolute Gasteiger partial charge is 0.309 e. The first kappa shape index (κ1) is 13.5. The molecule has 1 aliphatic heterocycles. The van der Waals surface area contributed by atoms with Crippen molar-refractivity contribution in [1.29, 1.82) is 0 Å². The van der Waals surface area contributed by atoms with Crippen LogP contribution in [0.1, 0.15) is 12.1 Å². The Labute approximate surface area is 110 Å². The summed E-state index contributed by atoms with van der Waals surface area (Å²) in [6.45, 7) is 0.839. The monoisotopic (exact) mass is 270 g/mol. The molecule has 0 radical (unpaired) electrons. The number of rotatable bonds is 4. The number of hydrogen-bond donors (Lipinski definition) is 1. The number of methoxy groups -OCH3 is 1. The average Bonchev–Trinajstić information content (AvgIpc) is 2.34. The number of hydrogen-bond acceptors (Lipinski definition) is 3. The van der Waals surface area contributed by atoms with Gasteiger partial charge in [-0.25, -0.2) is 9.98 Å². The molecule has 1 aliphatic rings. The van der Waals surface area contributed by atoms with E-state index in [9.17, 15) is 8.78 Å². The Balaban J connectivity index is 2.07. The van der Waals surface area contributed by atoms with Gasteiger partial charge in [0, 0.05) is 19.2 Å². The predicted molar refractivity (Wildman–Crippen MR) is 67.4 cm³/mol. The molecule has 19 heavy (non-hydrogen) atoms. The van der Waals surface area contributed by atoms with Crippen molar-refractivity contribution >= 4 is 5.96 Å². The van der Waals surface area contributed by atoms with E-state index in [1.807, 2.05) is 0 Å². The predicted octanol–water partition coefficient (Wildman–Crippen LogP) is 1.20. The van der Waals surface area contributed by atoms with Crippen LogP contribution >= 0.6 is 0 Å². The molecular weight excluding hydrogens is 254 g/mol. The van der Waals surface area contributed by atoms with Gasteiger partial charge in [-0.2, -0.15) is 8.78 Å². The van der Waals surface area contributed by atoms with Crippen molar-refractivity contribution in [2.75, 3.05) is 26.7 Å². The molecular formula is C12H16F2N4O. The van der Waals surface area contributed by atoms with Gasteiger partial charge in [0.05, 0.1) is 7.11 Å². The molecule has 1 saturated heterocycles. The molecule has 0 bridgehead atoms. The third-order valence-corrected chi connectivity index (χ3v) is 2.93. The molecule has 0 aliphatic carbocycles. The second kappa shape index (κ2) is 5.38. The number of aromatic nitrogens is 1. The van der Waals surface area contributed by atoms with Crippen molar-refractivity contribution in [3.63, 3.8) is 0 Å². The van der Waals surface area contributed by atoms with Crippen LogP contribution in [0.5, 0.6) is 5.88 Å². The molecule has 104 valence electrons. The van der Waals surface area contributed by atoms with Gasteiger partial charge in [-0.1, -0.05) is 6.07 Å². The Morgan fingerprint density at radius 1 is 1.53 bits per heavy atom. The zero-order chi connectivity index (χ0) is 13.9. The van der Waals surface area contributed by atoms with Crippen LogP contribution < -0.4 is 10.5 Å². The Morgan fingerprint density at radius 2 is 2.26 bits per heavy atom. The molecule has 1 aromatic rings. The van der Waals surface area contributed by atoms with E-state index < -0.39 is 12.5 Å². The van der Waals surface area contributed by atoms with Crippen LogP contribution in [0.2, 0.25) is 0 Å². The Bertz CT molecular complexity index is 475. The molecule has 2 rings (SSSR count). The number of ether oxygens (including phenoxy) is 1. The second-order valence-corrected chi connectivity index (χ2v) is 4.28. The van der Waals surface area contributed by atoms with Crippen LogP contribution in [0.25, 0.3) is 0 Å². The van der Waals surface area contributed by atoms with Crippen LogP contribution in [0.4, 0.5) is 8.78 Å². The molecule has 0 amide bonds. The number of nitrogens with two attached hydrogens (primary N) is 1. The van der Waals surface area contributed by atoms with Gasteiger partial charge in [0.15, 0.2) is 5.96 Å². The van der Waals surface area contributed by atoms with E-state index >= 15 is 0 Å². The highest BCUT2D eigenvalue weighted by molar-refractivity contribution is 5.78. The summed E-state index contributed by atoms with van der Waals surface area (Å²) >= 11 is 0. The fraction of sp³-hybridized carbons (Fsp3) is 0.500. The number of guanidine groups is 1. The van der Waals surface area contributed by atoms with Gasteiger partial charge >= 0.3 is 5.92 Å². The van der Waals surface area contributed by atoms with Crippen LogP contribution in [0.3, 0.4) is 0 Å². The third kappa shape index (κ3) is 3.10. The lowest BCUT2D eigenvalue weighted by atomic mass is 10.2. The van der Waals surface area contributed by atoms with E-state index in [-0.39, 0.29) is 17.5 Å². The lowest BCUT2D eigenvalue weighted by Crippen LogP contribution is -2.46. The number of nitrogens with zero attached hydrogens (tertiary/aromatic N) is 3. The minimum absolute atomic E-state index is 0.150. The summed E-state index contributed by atoms with van der Waals surface area (Å²) < 4.78 is 32.7. The van der Waals surface area contributed by atoms with E-state index in [0.29, 0.717) is 0 Å². The second-order valence-electron chi connectivity index (χ2n) is 4.28. The summed E-state index contributed by atoms with van der Waals surface area (Å²) in [4.78, 5) is 9.22. The summed E-state index contributed by atoms with van der Waals surface area (Å²) in [5, 5.41) is 0. The normalized spacial score (nSPS) is 16.2. The van der Waals surface area contributed by atoms with E-state index in [1.54, 1.807) is 4.90 Å². The molecule has 2 heterocycles. The molecule has 0 unspecified atom stereocenters. The molecule has 2 N–H and O–H groups in total. The third-order valence-electron chi connectivity index (χ3n) is 2.93. The van der Waals surface area contributed by atoms with E-state index in [0.717, 1.165) is 19.5 Å². The summed E-state index contributed by atoms with van der Waals surface area (Å²) in [5.41, 5.74) is 5.25. The number of alkyl halides is 2. The topological polar surface area (TPSA) is 63.7 Å². The lowest BCUT2D eigenvalue weighted by molar-refractivity contribution is 0.00111. The fourth-order valence-electron chi connectivity index (χ4n) is 1.64. The van der Waals surface area contributed by atoms with Crippen LogP contribution in [0.15, 0.2) is 23.2 Å². The quantitative estimate of drug-likeness (QED) is 0.659. The molecule has 1 fully saturated rings. The summed E-state index contributed by atoms with van der Waals surface area (Å²) in [7, 11) is 1.38. The number of pyridine rings is 1. The number of aliphatic imine (C=N–C) groups is 1. The van der Waals surface area contributed by atoms with Gasteiger partial charge in [-0.15, -0.1) is 0 Å². The summed E-state index contributed by atoms with van der Waals surface area (Å²) in [6, 6.07) is 4.23. The maximum Gasteiger partial charge on any atom is 0.309 e. The van der Waals surface area contributed by atoms with Crippen LogP contribution in [0, 0.1) is 0 Å². The highest BCUT2D eigenvalue weighted by Crippen LogP contribution is 2.28. The van der Waals surface area contributed by atoms with Crippen molar-refractivity contribution in [3.8, 4) is 5.88 Å². The first-order valence-corrected chi connectivity index (χ1v) is 5.97. The Hall–Kier alpha value is -1.92. The summed E-state index contributed by atoms with van der Waals surface area (Å²) in [5.74, 6) is -2.85. The largest absolute Gasteiger partial charge is 0.481 e. The van der Waals surface area contributed by atoms with Crippen molar-refractivity contribution < 1.29 is 13.5 Å². The Morgan fingerprint density at radius 3 is 2.84 bits per heavy atom. The van der Waals surface area contributed by atoms with Gasteiger partial charge < -0.3 is 15.4 Å². The van der Waals surface area contributed by atoms with E-state index in [2.05, 4.69) is 9.98 Å². The molecule has 1 aromatic heterocycles. The first-order chi connectivity index (χ1) is 9.03. The maximum atomic E-state index is 13.9. The lowest BCUT2D eigenvalue weighted by Gasteiger charge is -2.31. The fourth-order valence-corrected chi connectivity index (χ4v) is 1.64. The number of halogens is 2. The SMILES string of the molecule is COc1cccc(C(F)(F)CN=C(N)N2CCC2)n1. The van der Waals surface area contributed by atoms with Gasteiger partial charge in [0.1, 0.15) is 12.2 Å². The van der Waals surface area contributed by atoms with Gasteiger partial charge in [-0.3, -0.25) is 0 Å². The van der Waals surface area contributed by atoms with Gasteiger partial charge in [0.2, 0.25) is 5.88 Å². The van der Waals surface area contributed by atoms with Crippen LogP contribution in [-0.4, -0.2) is 42.6 Å². The molecule has 0 spiro atoms. The van der Waals surface area contributed by atoms with Crippen molar-refractivity contribution in [3.05, 3.63) is 23.9 Å². The molecule has 0 aromatic carbocycles. The van der Waals surface area contributed by atoms with Gasteiger partial charge in [0.25, 0.3) is 0 Å². The molecule has 0 saturated carbocycles. The average molecular weight is 270 g/mol. The molecule has 0 atom stereocenters. The standard InChI is InChI=1S/C12H16F2N4O/c1-19-10-5-2-4-9(17-10)12(13,14)8-16-11(15)18-6-3-7-18/h2,4-5H,3,6-8H2,1H3,(H2,15,16). The zero-order valence-electron chi connectivity index (χ0n) is 10.6. The minimum Gasteiger partial charge on any atom is -0.481 e. The van der Waals surface area contributed by atoms with Crippen molar-refractivity contribution in [1.82, 2.24) is 9.88 Å². The van der Waals surface area contributed by atoms with Crippen LogP contribution in [-0.2, 0) is 5.92 Å². The highest BCUT2D eigenvalue weighted by Gasteiger charge is 2.34. The molecule has 5 nitrogen and oxygen atoms in total. The molecule has 7 heteroatoms. The Kier molecular flexibility index (Phi) is 3.82. The number of likely N-dealkylation sites (tertiary alicyclic amines) is 1. The first-order valence-electron chi connectivity index (χ1n) is 5.97. The van der Waals surface area contributed by atoms with Crippen molar-refractivity contribution in [2.24, 2.45) is 10.7 Å². The maximum absolute atomic E-state index is 13.9. The van der Waals surface area contributed by atoms with E-state index in [4.69, 9.17) is 10.5 Å². The van der Waals surface area contributed by atoms with E-state index in [1.165, 1.54) is 25.3 Å². The summed E-state index contributed by atoms with van der Waals surface area (Å²) in [6.07, 6.45) is 1.02. The zero-order valence-corrected chi connectivity index (χ0v) is 10.6.